The van der Waals surface area contributed by atoms with Crippen LogP contribution in [-0.4, -0.2) is 48.4 Å². The molecule has 2 aliphatic heterocycles. The van der Waals surface area contributed by atoms with Gasteiger partial charge in [0.1, 0.15) is 0 Å². The molecule has 0 radical (unpaired) electrons. The van der Waals surface area contributed by atoms with Crippen LogP contribution in [0.3, 0.4) is 0 Å². The minimum Gasteiger partial charge on any atom is -0.354 e. The van der Waals surface area contributed by atoms with Crippen LogP contribution in [0, 0.1) is 5.92 Å². The van der Waals surface area contributed by atoms with E-state index >= 15 is 0 Å². The van der Waals surface area contributed by atoms with E-state index < -0.39 is 0 Å². The summed E-state index contributed by atoms with van der Waals surface area (Å²) < 4.78 is 0. The van der Waals surface area contributed by atoms with E-state index in [9.17, 15) is 9.59 Å². The zero-order chi connectivity index (χ0) is 13.8. The number of rotatable bonds is 3. The molecule has 2 fully saturated rings. The SMILES string of the molecule is CC(C)NC(=O)[C@H]1CCCN(C(=O)[C@H]2CCCN2)C1. The Morgan fingerprint density at radius 2 is 2.05 bits per heavy atom. The van der Waals surface area contributed by atoms with Gasteiger partial charge in [0.15, 0.2) is 0 Å². The first-order valence-corrected chi connectivity index (χ1v) is 7.40. The van der Waals surface area contributed by atoms with Gasteiger partial charge in [-0.15, -0.1) is 0 Å². The fourth-order valence-electron chi connectivity index (χ4n) is 2.91. The summed E-state index contributed by atoms with van der Waals surface area (Å²) in [5.41, 5.74) is 0. The molecule has 0 bridgehead atoms. The molecule has 0 aromatic heterocycles. The maximum atomic E-state index is 12.3. The van der Waals surface area contributed by atoms with Crippen molar-refractivity contribution in [1.82, 2.24) is 15.5 Å². The number of nitrogens with zero attached hydrogens (tertiary/aromatic N) is 1. The predicted octanol–water partition coefficient (Wildman–Crippen LogP) is 0.502. The minimum atomic E-state index is -0.0403. The minimum absolute atomic E-state index is 0.0214. The molecule has 2 saturated heterocycles. The third kappa shape index (κ3) is 3.69. The summed E-state index contributed by atoms with van der Waals surface area (Å²) in [6.45, 7) is 6.23. The number of carbonyl (C=O) groups is 2. The molecule has 2 heterocycles. The van der Waals surface area contributed by atoms with Crippen LogP contribution in [0.5, 0.6) is 0 Å². The van der Waals surface area contributed by atoms with Gasteiger partial charge in [-0.3, -0.25) is 9.59 Å². The topological polar surface area (TPSA) is 61.4 Å². The van der Waals surface area contributed by atoms with Crippen LogP contribution >= 0.6 is 0 Å². The monoisotopic (exact) mass is 267 g/mol. The first-order valence-electron chi connectivity index (χ1n) is 7.40. The maximum absolute atomic E-state index is 12.3. The van der Waals surface area contributed by atoms with Gasteiger partial charge in [0, 0.05) is 19.1 Å². The highest BCUT2D eigenvalue weighted by Crippen LogP contribution is 2.19. The van der Waals surface area contributed by atoms with Gasteiger partial charge in [0.25, 0.3) is 0 Å². The molecular formula is C14H25N3O2. The molecule has 108 valence electrons. The Morgan fingerprint density at radius 1 is 1.26 bits per heavy atom. The number of carbonyl (C=O) groups excluding carboxylic acids is 2. The number of piperidine rings is 1. The average Bonchev–Trinajstić information content (AvgIpc) is 2.91. The highest BCUT2D eigenvalue weighted by atomic mass is 16.2. The van der Waals surface area contributed by atoms with Crippen molar-refractivity contribution in [2.24, 2.45) is 5.92 Å². The third-order valence-electron chi connectivity index (χ3n) is 3.89. The van der Waals surface area contributed by atoms with Crippen LogP contribution in [0.1, 0.15) is 39.5 Å². The molecule has 0 aromatic carbocycles. The molecule has 2 N–H and O–H groups in total. The first-order chi connectivity index (χ1) is 9.08. The molecule has 5 heteroatoms. The number of nitrogens with one attached hydrogen (secondary N) is 2. The van der Waals surface area contributed by atoms with Crippen LogP contribution in [0.2, 0.25) is 0 Å². The first kappa shape index (κ1) is 14.3. The zero-order valence-electron chi connectivity index (χ0n) is 11.9. The van der Waals surface area contributed by atoms with Crippen molar-refractivity contribution in [1.29, 1.82) is 0 Å². The summed E-state index contributed by atoms with van der Waals surface area (Å²) in [5, 5.41) is 6.19. The second-order valence-electron chi connectivity index (χ2n) is 5.94. The quantitative estimate of drug-likeness (QED) is 0.783. The second-order valence-corrected chi connectivity index (χ2v) is 5.94. The Balaban J connectivity index is 1.89. The van der Waals surface area contributed by atoms with E-state index in [2.05, 4.69) is 10.6 Å². The van der Waals surface area contributed by atoms with Gasteiger partial charge in [-0.2, -0.15) is 0 Å². The molecular weight excluding hydrogens is 242 g/mol. The molecule has 2 atom stereocenters. The number of likely N-dealkylation sites (tertiary alicyclic amines) is 1. The summed E-state index contributed by atoms with van der Waals surface area (Å²) in [5.74, 6) is 0.230. The number of amides is 2. The van der Waals surface area contributed by atoms with Crippen molar-refractivity contribution >= 4 is 11.8 Å². The standard InChI is InChI=1S/C14H25N3O2/c1-10(2)16-13(18)11-5-4-8-17(9-11)14(19)12-6-3-7-15-12/h10-12,15H,3-9H2,1-2H3,(H,16,18)/t11-,12+/m0/s1. The van der Waals surface area contributed by atoms with Crippen LogP contribution in [0.4, 0.5) is 0 Å². The van der Waals surface area contributed by atoms with Gasteiger partial charge in [0.05, 0.1) is 12.0 Å². The Hall–Kier alpha value is -1.10. The summed E-state index contributed by atoms with van der Waals surface area (Å²) in [6, 6.07) is 0.141. The lowest BCUT2D eigenvalue weighted by Crippen LogP contribution is -2.51. The fourth-order valence-corrected chi connectivity index (χ4v) is 2.91. The molecule has 2 amide bonds. The molecule has 19 heavy (non-hydrogen) atoms. The lowest BCUT2D eigenvalue weighted by Gasteiger charge is -2.34. The van der Waals surface area contributed by atoms with E-state index in [-0.39, 0.29) is 29.8 Å². The largest absolute Gasteiger partial charge is 0.354 e. The Kier molecular flexibility index (Phi) is 4.80. The Morgan fingerprint density at radius 3 is 2.68 bits per heavy atom. The number of hydrogen-bond donors (Lipinski definition) is 2. The fraction of sp³-hybridized carbons (Fsp3) is 0.857. The van der Waals surface area contributed by atoms with Crippen molar-refractivity contribution in [3.63, 3.8) is 0 Å². The van der Waals surface area contributed by atoms with Gasteiger partial charge in [-0.1, -0.05) is 0 Å². The van der Waals surface area contributed by atoms with Crippen molar-refractivity contribution < 1.29 is 9.59 Å². The summed E-state index contributed by atoms with van der Waals surface area (Å²) in [7, 11) is 0. The molecule has 2 aliphatic rings. The van der Waals surface area contributed by atoms with Crippen molar-refractivity contribution in [3.05, 3.63) is 0 Å². The lowest BCUT2D eigenvalue weighted by atomic mass is 9.96. The van der Waals surface area contributed by atoms with Gasteiger partial charge in [0.2, 0.25) is 11.8 Å². The van der Waals surface area contributed by atoms with Crippen molar-refractivity contribution in [2.75, 3.05) is 19.6 Å². The second kappa shape index (κ2) is 6.37. The molecule has 0 saturated carbocycles. The van der Waals surface area contributed by atoms with E-state index in [1.165, 1.54) is 0 Å². The van der Waals surface area contributed by atoms with E-state index in [1.807, 2.05) is 18.7 Å². The van der Waals surface area contributed by atoms with Crippen LogP contribution in [-0.2, 0) is 9.59 Å². The highest BCUT2D eigenvalue weighted by Gasteiger charge is 2.32. The molecule has 0 unspecified atom stereocenters. The van der Waals surface area contributed by atoms with Crippen LogP contribution in [0.15, 0.2) is 0 Å². The Bertz CT molecular complexity index is 338. The molecule has 5 nitrogen and oxygen atoms in total. The van der Waals surface area contributed by atoms with Gasteiger partial charge in [-0.05, 0) is 46.1 Å². The van der Waals surface area contributed by atoms with Crippen molar-refractivity contribution in [3.8, 4) is 0 Å². The normalized spacial score (nSPS) is 27.6. The molecule has 0 spiro atoms. The molecule has 0 aromatic rings. The van der Waals surface area contributed by atoms with E-state index in [4.69, 9.17) is 0 Å². The number of hydrogen-bond acceptors (Lipinski definition) is 3. The Labute approximate surface area is 115 Å². The van der Waals surface area contributed by atoms with Crippen LogP contribution in [0.25, 0.3) is 0 Å². The summed E-state index contributed by atoms with van der Waals surface area (Å²) >= 11 is 0. The average molecular weight is 267 g/mol. The van der Waals surface area contributed by atoms with Gasteiger partial charge < -0.3 is 15.5 Å². The van der Waals surface area contributed by atoms with Crippen molar-refractivity contribution in [2.45, 2.75) is 51.6 Å². The highest BCUT2D eigenvalue weighted by molar-refractivity contribution is 5.84. The molecule has 0 aliphatic carbocycles. The summed E-state index contributed by atoms with van der Waals surface area (Å²) in [6.07, 6.45) is 3.81. The predicted molar refractivity (Wildman–Crippen MR) is 73.6 cm³/mol. The summed E-state index contributed by atoms with van der Waals surface area (Å²) in [4.78, 5) is 26.2. The van der Waals surface area contributed by atoms with Gasteiger partial charge >= 0.3 is 0 Å². The molecule has 2 rings (SSSR count). The van der Waals surface area contributed by atoms with E-state index in [0.29, 0.717) is 6.54 Å². The van der Waals surface area contributed by atoms with E-state index in [1.54, 1.807) is 0 Å². The van der Waals surface area contributed by atoms with E-state index in [0.717, 1.165) is 38.8 Å². The van der Waals surface area contributed by atoms with Crippen LogP contribution < -0.4 is 10.6 Å². The third-order valence-corrected chi connectivity index (χ3v) is 3.89. The maximum Gasteiger partial charge on any atom is 0.239 e. The van der Waals surface area contributed by atoms with Gasteiger partial charge in [-0.25, -0.2) is 0 Å². The lowest BCUT2D eigenvalue weighted by molar-refractivity contribution is -0.137. The zero-order valence-corrected chi connectivity index (χ0v) is 11.9. The smallest absolute Gasteiger partial charge is 0.239 e.